The van der Waals surface area contributed by atoms with E-state index in [2.05, 4.69) is 0 Å². The fourth-order valence-corrected chi connectivity index (χ4v) is 0.642. The van der Waals surface area contributed by atoms with E-state index in [1.54, 1.807) is 18.7 Å². The second kappa shape index (κ2) is 6.38. The van der Waals surface area contributed by atoms with E-state index in [4.69, 9.17) is 5.73 Å². The first-order valence-corrected chi connectivity index (χ1v) is 3.24. The summed E-state index contributed by atoms with van der Waals surface area (Å²) in [6.45, 7) is -0.329. The lowest BCUT2D eigenvalue weighted by molar-refractivity contribution is -0.471. The summed E-state index contributed by atoms with van der Waals surface area (Å²) in [5.41, 5.74) is 5.44. The molecule has 0 atom stereocenters. The van der Waals surface area contributed by atoms with Gasteiger partial charge in [-0.05, 0) is 0 Å². The molecule has 0 amide bonds. The van der Waals surface area contributed by atoms with Crippen LogP contribution in [-0.4, -0.2) is 49.5 Å². The average Bonchev–Trinajstić information content (AvgIpc) is 1.84. The Labute approximate surface area is 88.2 Å². The van der Waals surface area contributed by atoms with Gasteiger partial charge in [-0.25, -0.2) is 8.78 Å². The molecule has 0 aliphatic rings. The monoisotopic (exact) mass is 293 g/mol. The molecule has 0 rings (SSSR count). The van der Waals surface area contributed by atoms with E-state index in [1.807, 2.05) is 0 Å². The van der Waals surface area contributed by atoms with Gasteiger partial charge in [-0.15, -0.1) is 0 Å². The van der Waals surface area contributed by atoms with Crippen molar-refractivity contribution in [1.29, 1.82) is 0 Å². The van der Waals surface area contributed by atoms with E-state index in [0.717, 1.165) is 0 Å². The maximum Gasteiger partial charge on any atom is 0.345 e. The van der Waals surface area contributed by atoms with Gasteiger partial charge in [0.1, 0.15) is 6.54 Å². The molecule has 0 aliphatic heterocycles. The van der Waals surface area contributed by atoms with Gasteiger partial charge in [0, 0.05) is 0 Å². The van der Waals surface area contributed by atoms with Crippen molar-refractivity contribution in [3.63, 3.8) is 0 Å². The van der Waals surface area contributed by atoms with Crippen molar-refractivity contribution >= 4 is 5.96 Å². The van der Waals surface area contributed by atoms with Crippen molar-refractivity contribution in [2.45, 2.75) is 6.43 Å². The lowest BCUT2D eigenvalue weighted by Crippen LogP contribution is -3.00. The van der Waals surface area contributed by atoms with Crippen LogP contribution in [0.2, 0.25) is 0 Å². The third-order valence-corrected chi connectivity index (χ3v) is 1.26. The molecule has 6 heteroatoms. The molecule has 0 aromatic heterocycles. The maximum atomic E-state index is 11.8. The minimum absolute atomic E-state index is 0. The molecular formula is C6H14F2IN3. The SMILES string of the molecule is CN(CC(F)F)C(N)=[N+](C)C.[I-]. The van der Waals surface area contributed by atoms with Gasteiger partial charge in [-0.1, -0.05) is 0 Å². The van der Waals surface area contributed by atoms with Gasteiger partial charge in [0.05, 0.1) is 21.1 Å². The average molecular weight is 293 g/mol. The Balaban J connectivity index is 0. The molecule has 0 bridgehead atoms. The number of nitrogens with two attached hydrogens (primary N) is 1. The van der Waals surface area contributed by atoms with Crippen LogP contribution in [0.25, 0.3) is 0 Å². The molecule has 12 heavy (non-hydrogen) atoms. The Morgan fingerprint density at radius 2 is 1.92 bits per heavy atom. The largest absolute Gasteiger partial charge is 1.00 e. The lowest BCUT2D eigenvalue weighted by atomic mass is 10.6. The fourth-order valence-electron chi connectivity index (χ4n) is 0.642. The van der Waals surface area contributed by atoms with Crippen LogP contribution in [-0.2, 0) is 0 Å². The first-order chi connectivity index (χ1) is 4.95. The molecule has 0 aromatic rings. The van der Waals surface area contributed by atoms with Gasteiger partial charge < -0.3 is 24.0 Å². The number of guanidine groups is 1. The molecule has 0 fully saturated rings. The Morgan fingerprint density at radius 1 is 1.50 bits per heavy atom. The number of hydrogen-bond acceptors (Lipinski definition) is 0. The standard InChI is InChI=1S/C6H13F2N3.HI/c1-10(2)6(9)11(3)4-5(7)8;/h5,9H,4H2,1-3H3;1H. The molecule has 0 spiro atoms. The highest BCUT2D eigenvalue weighted by Crippen LogP contribution is 1.94. The van der Waals surface area contributed by atoms with E-state index in [1.165, 1.54) is 11.9 Å². The zero-order valence-corrected chi connectivity index (χ0v) is 9.55. The molecule has 0 aromatic carbocycles. The van der Waals surface area contributed by atoms with E-state index < -0.39 is 6.43 Å². The zero-order valence-electron chi connectivity index (χ0n) is 7.39. The zero-order chi connectivity index (χ0) is 9.02. The van der Waals surface area contributed by atoms with Gasteiger partial charge in [0.15, 0.2) is 0 Å². The van der Waals surface area contributed by atoms with Crippen molar-refractivity contribution in [3.8, 4) is 0 Å². The van der Waals surface area contributed by atoms with Crippen LogP contribution in [0.15, 0.2) is 0 Å². The third kappa shape index (κ3) is 5.50. The second-order valence-electron chi connectivity index (χ2n) is 2.52. The molecule has 0 heterocycles. The van der Waals surface area contributed by atoms with Gasteiger partial charge in [-0.2, -0.15) is 0 Å². The summed E-state index contributed by atoms with van der Waals surface area (Å²) < 4.78 is 25.1. The van der Waals surface area contributed by atoms with Crippen molar-refractivity contribution in [1.82, 2.24) is 4.90 Å². The summed E-state index contributed by atoms with van der Waals surface area (Å²) in [5, 5.41) is 0. The quantitative estimate of drug-likeness (QED) is 0.251. The van der Waals surface area contributed by atoms with E-state index in [0.29, 0.717) is 5.96 Å². The van der Waals surface area contributed by atoms with Crippen molar-refractivity contribution in [2.24, 2.45) is 5.73 Å². The van der Waals surface area contributed by atoms with Crippen LogP contribution in [0.1, 0.15) is 0 Å². The summed E-state index contributed by atoms with van der Waals surface area (Å²) >= 11 is 0. The molecule has 0 saturated carbocycles. The first kappa shape index (κ1) is 14.4. The number of alkyl halides is 2. The normalized spacial score (nSPS) is 9.17. The van der Waals surface area contributed by atoms with Crippen LogP contribution in [0.5, 0.6) is 0 Å². The molecular weight excluding hydrogens is 279 g/mol. The predicted octanol–water partition coefficient (Wildman–Crippen LogP) is -3.23. The maximum absolute atomic E-state index is 11.8. The molecule has 0 radical (unpaired) electrons. The number of halogens is 3. The number of hydrogen-bond donors (Lipinski definition) is 1. The van der Waals surface area contributed by atoms with Crippen molar-refractivity contribution in [2.75, 3.05) is 27.7 Å². The molecule has 0 unspecified atom stereocenters. The highest BCUT2D eigenvalue weighted by atomic mass is 127. The summed E-state index contributed by atoms with van der Waals surface area (Å²) in [6, 6.07) is 0. The lowest BCUT2D eigenvalue weighted by Gasteiger charge is -2.12. The van der Waals surface area contributed by atoms with Crippen LogP contribution in [0, 0.1) is 0 Å². The summed E-state index contributed by atoms with van der Waals surface area (Å²) in [5.74, 6) is 0.338. The Kier molecular flexibility index (Phi) is 7.65. The molecule has 0 aliphatic carbocycles. The van der Waals surface area contributed by atoms with E-state index >= 15 is 0 Å². The topological polar surface area (TPSA) is 32.3 Å². The minimum atomic E-state index is -2.35. The summed E-state index contributed by atoms with van der Waals surface area (Å²) in [6.07, 6.45) is -2.35. The smallest absolute Gasteiger partial charge is 0.345 e. The van der Waals surface area contributed by atoms with Crippen LogP contribution in [0.3, 0.4) is 0 Å². The van der Waals surface area contributed by atoms with Gasteiger partial charge in [0.25, 0.3) is 6.43 Å². The highest BCUT2D eigenvalue weighted by Gasteiger charge is 2.15. The fraction of sp³-hybridized carbons (Fsp3) is 0.833. The first-order valence-electron chi connectivity index (χ1n) is 3.24. The predicted molar refractivity (Wildman–Crippen MR) is 39.9 cm³/mol. The third-order valence-electron chi connectivity index (χ3n) is 1.26. The Bertz CT molecular complexity index is 157. The van der Waals surface area contributed by atoms with E-state index in [9.17, 15) is 8.78 Å². The summed E-state index contributed by atoms with van der Waals surface area (Å²) in [4.78, 5) is 1.31. The highest BCUT2D eigenvalue weighted by molar-refractivity contribution is 5.72. The van der Waals surface area contributed by atoms with Crippen LogP contribution in [0.4, 0.5) is 8.78 Å². The molecule has 3 nitrogen and oxygen atoms in total. The van der Waals surface area contributed by atoms with Crippen molar-refractivity contribution in [3.05, 3.63) is 0 Å². The summed E-state index contributed by atoms with van der Waals surface area (Å²) in [7, 11) is 4.94. The number of rotatable bonds is 2. The van der Waals surface area contributed by atoms with Crippen LogP contribution < -0.4 is 29.7 Å². The Morgan fingerprint density at radius 3 is 2.17 bits per heavy atom. The molecule has 0 saturated heterocycles. The molecule has 2 N–H and O–H groups in total. The van der Waals surface area contributed by atoms with Gasteiger partial charge in [0.2, 0.25) is 0 Å². The minimum Gasteiger partial charge on any atom is -1.00 e. The van der Waals surface area contributed by atoms with E-state index in [-0.39, 0.29) is 30.5 Å². The Hall–Kier alpha value is -0.140. The number of nitrogens with zero attached hydrogens (tertiary/aromatic N) is 2. The van der Waals surface area contributed by atoms with Gasteiger partial charge >= 0.3 is 5.96 Å². The molecule has 74 valence electrons. The van der Waals surface area contributed by atoms with Gasteiger partial charge in [-0.3, -0.25) is 15.2 Å². The van der Waals surface area contributed by atoms with Crippen molar-refractivity contribution < 1.29 is 37.3 Å². The second-order valence-corrected chi connectivity index (χ2v) is 2.52. The van der Waals surface area contributed by atoms with Crippen LogP contribution >= 0.6 is 0 Å².